The normalized spacial score (nSPS) is 18.9. The molecule has 0 bridgehead atoms. The monoisotopic (exact) mass is 678 g/mol. The van der Waals surface area contributed by atoms with Gasteiger partial charge in [-0.05, 0) is 72.6 Å². The van der Waals surface area contributed by atoms with Crippen LogP contribution < -0.4 is 19.7 Å². The summed E-state index contributed by atoms with van der Waals surface area (Å²) in [6, 6.07) is 18.3. The van der Waals surface area contributed by atoms with Gasteiger partial charge in [0.2, 0.25) is 5.91 Å². The molecule has 6 rings (SSSR count). The van der Waals surface area contributed by atoms with Crippen LogP contribution in [0.1, 0.15) is 56.1 Å². The van der Waals surface area contributed by atoms with Gasteiger partial charge in [-0.3, -0.25) is 9.69 Å². The zero-order valence-electron chi connectivity index (χ0n) is 26.4. The molecule has 4 aromatic rings. The van der Waals surface area contributed by atoms with Crippen molar-refractivity contribution in [1.82, 2.24) is 20.1 Å². The summed E-state index contributed by atoms with van der Waals surface area (Å²) in [5.41, 5.74) is 4.09. The number of hydrogen-bond acceptors (Lipinski definition) is 7. The highest BCUT2D eigenvalue weighted by molar-refractivity contribution is 8.15. The predicted octanol–water partition coefficient (Wildman–Crippen LogP) is 7.45. The van der Waals surface area contributed by atoms with E-state index in [1.54, 1.807) is 13.2 Å². The van der Waals surface area contributed by atoms with Crippen molar-refractivity contribution in [2.75, 3.05) is 17.8 Å². The van der Waals surface area contributed by atoms with Crippen molar-refractivity contribution in [3.05, 3.63) is 84.2 Å². The Morgan fingerprint density at radius 1 is 1.04 bits per heavy atom. The van der Waals surface area contributed by atoms with Gasteiger partial charge in [0, 0.05) is 17.7 Å². The number of benzene rings is 3. The summed E-state index contributed by atoms with van der Waals surface area (Å²) < 4.78 is 48.2. The molecular formula is C34H33F3N6O4S. The molecule has 10 nitrogen and oxygen atoms in total. The first kappa shape index (κ1) is 33.1. The van der Waals surface area contributed by atoms with Gasteiger partial charge in [-0.25, -0.2) is 14.5 Å². The molecule has 2 aliphatic rings. The van der Waals surface area contributed by atoms with Crippen LogP contribution in [0.2, 0.25) is 0 Å². The molecule has 1 saturated heterocycles. The van der Waals surface area contributed by atoms with E-state index in [-0.39, 0.29) is 35.3 Å². The maximum atomic E-state index is 13.1. The standard InChI is InChI=1S/C34H33F3N6O4S/c1-20(2)28-15-14-27(46-3)17-29(28)43-30(44)18-48-33(43)40-32(45)39-24-9-8-23(16-24)21-4-6-22(7-5-21)31-38-19-42(41-31)25-10-12-26(13-11-25)47-34(35,36)37/h4-7,10-15,17,19-20,23-24H,8-9,16,18H2,1-3H3,(H,39,45)/b40-33-. The molecule has 2 fully saturated rings. The zero-order chi connectivity index (χ0) is 34.0. The lowest BCUT2D eigenvalue weighted by Crippen LogP contribution is -2.34. The second-order valence-electron chi connectivity index (χ2n) is 11.8. The minimum atomic E-state index is -4.76. The van der Waals surface area contributed by atoms with E-state index in [0.29, 0.717) is 28.1 Å². The summed E-state index contributed by atoms with van der Waals surface area (Å²) >= 11 is 1.24. The minimum absolute atomic E-state index is 0.0598. The van der Waals surface area contributed by atoms with Gasteiger partial charge in [-0.2, -0.15) is 4.99 Å². The summed E-state index contributed by atoms with van der Waals surface area (Å²) in [5.74, 6) is 1.22. The molecule has 14 heteroatoms. The number of methoxy groups -OCH3 is 1. The molecular weight excluding hydrogens is 645 g/mol. The number of urea groups is 1. The smallest absolute Gasteiger partial charge is 0.497 e. The molecule has 2 heterocycles. The SMILES string of the molecule is COc1ccc(C(C)C)c(N2C(=O)CS/C2=N\C(=O)NC2CCC(c3ccc(-c4ncn(-c5ccc(OC(F)(F)F)cc5)n4)cc3)C2)c1. The van der Waals surface area contributed by atoms with E-state index in [4.69, 9.17) is 4.74 Å². The fraction of sp³-hybridized carbons (Fsp3) is 0.324. The maximum Gasteiger partial charge on any atom is 0.573 e. The Hall–Kier alpha value is -4.85. The number of carbonyl (C=O) groups is 2. The molecule has 1 saturated carbocycles. The zero-order valence-corrected chi connectivity index (χ0v) is 27.2. The highest BCUT2D eigenvalue weighted by atomic mass is 32.2. The van der Waals surface area contributed by atoms with Crippen LogP contribution in [0.4, 0.5) is 23.7 Å². The van der Waals surface area contributed by atoms with E-state index in [9.17, 15) is 22.8 Å². The van der Waals surface area contributed by atoms with Gasteiger partial charge in [-0.1, -0.05) is 55.9 Å². The number of nitrogens with zero attached hydrogens (tertiary/aromatic N) is 5. The molecule has 1 aromatic heterocycles. The van der Waals surface area contributed by atoms with Gasteiger partial charge >= 0.3 is 12.4 Å². The van der Waals surface area contributed by atoms with Gasteiger partial charge in [0.15, 0.2) is 11.0 Å². The molecule has 0 radical (unpaired) electrons. The number of aromatic nitrogens is 3. The number of hydrogen-bond donors (Lipinski definition) is 1. The summed E-state index contributed by atoms with van der Waals surface area (Å²) in [6.45, 7) is 4.09. The Morgan fingerprint density at radius 3 is 2.46 bits per heavy atom. The van der Waals surface area contributed by atoms with Crippen molar-refractivity contribution < 1.29 is 32.2 Å². The maximum absolute atomic E-state index is 13.1. The average molecular weight is 679 g/mol. The molecule has 1 aliphatic carbocycles. The van der Waals surface area contributed by atoms with Crippen LogP contribution >= 0.6 is 11.8 Å². The lowest BCUT2D eigenvalue weighted by Gasteiger charge is -2.22. The number of anilines is 1. The summed E-state index contributed by atoms with van der Waals surface area (Å²) in [6.07, 6.45) is -0.824. The van der Waals surface area contributed by atoms with Crippen molar-refractivity contribution in [3.63, 3.8) is 0 Å². The Bertz CT molecular complexity index is 1830. The highest BCUT2D eigenvalue weighted by Crippen LogP contribution is 2.37. The molecule has 0 spiro atoms. The Kier molecular flexibility index (Phi) is 9.45. The first-order valence-electron chi connectivity index (χ1n) is 15.4. The fourth-order valence-electron chi connectivity index (χ4n) is 5.95. The van der Waals surface area contributed by atoms with E-state index in [2.05, 4.69) is 25.1 Å². The van der Waals surface area contributed by atoms with Crippen molar-refractivity contribution in [3.8, 4) is 28.6 Å². The Labute approximate surface area is 279 Å². The lowest BCUT2D eigenvalue weighted by molar-refractivity contribution is -0.274. The van der Waals surface area contributed by atoms with Crippen molar-refractivity contribution in [2.45, 2.75) is 57.3 Å². The molecule has 250 valence electrons. The molecule has 3 amide bonds. The number of amides is 3. The van der Waals surface area contributed by atoms with E-state index < -0.39 is 12.4 Å². The second-order valence-corrected chi connectivity index (χ2v) is 12.8. The average Bonchev–Trinajstić information content (AvgIpc) is 3.81. The van der Waals surface area contributed by atoms with Crippen LogP contribution in [-0.2, 0) is 4.79 Å². The molecule has 48 heavy (non-hydrogen) atoms. The first-order valence-corrected chi connectivity index (χ1v) is 16.4. The number of nitrogens with one attached hydrogen (secondary N) is 1. The number of alkyl halides is 3. The van der Waals surface area contributed by atoms with E-state index in [1.807, 2.05) is 50.2 Å². The number of thioether (sulfide) groups is 1. The van der Waals surface area contributed by atoms with Crippen LogP contribution in [0.15, 0.2) is 78.0 Å². The first-order chi connectivity index (χ1) is 23.0. The largest absolute Gasteiger partial charge is 0.573 e. The minimum Gasteiger partial charge on any atom is -0.497 e. The van der Waals surface area contributed by atoms with E-state index >= 15 is 0 Å². The van der Waals surface area contributed by atoms with Gasteiger partial charge in [-0.15, -0.1) is 18.3 Å². The van der Waals surface area contributed by atoms with Crippen molar-refractivity contribution in [2.24, 2.45) is 4.99 Å². The van der Waals surface area contributed by atoms with Crippen LogP contribution in [0, 0.1) is 0 Å². The molecule has 1 aliphatic heterocycles. The highest BCUT2D eigenvalue weighted by Gasteiger charge is 2.34. The topological polar surface area (TPSA) is 111 Å². The van der Waals surface area contributed by atoms with E-state index in [1.165, 1.54) is 51.9 Å². The van der Waals surface area contributed by atoms with Gasteiger partial charge in [0.25, 0.3) is 0 Å². The van der Waals surface area contributed by atoms with E-state index in [0.717, 1.165) is 36.0 Å². The van der Waals surface area contributed by atoms with Gasteiger partial charge < -0.3 is 14.8 Å². The molecule has 3 aromatic carbocycles. The number of amidine groups is 1. The van der Waals surface area contributed by atoms with Crippen LogP contribution in [0.5, 0.6) is 11.5 Å². The third kappa shape index (κ3) is 7.48. The Balaban J connectivity index is 1.07. The summed E-state index contributed by atoms with van der Waals surface area (Å²) in [4.78, 5) is 36.2. The second kappa shape index (κ2) is 13.7. The van der Waals surface area contributed by atoms with Crippen LogP contribution in [0.3, 0.4) is 0 Å². The van der Waals surface area contributed by atoms with Gasteiger partial charge in [0.1, 0.15) is 17.8 Å². The predicted molar refractivity (Wildman–Crippen MR) is 177 cm³/mol. The van der Waals surface area contributed by atoms with Crippen molar-refractivity contribution in [1.29, 1.82) is 0 Å². The lowest BCUT2D eigenvalue weighted by atomic mass is 9.96. The summed E-state index contributed by atoms with van der Waals surface area (Å²) in [5, 5.41) is 7.85. The van der Waals surface area contributed by atoms with Gasteiger partial charge in [0.05, 0.1) is 24.2 Å². The third-order valence-electron chi connectivity index (χ3n) is 8.29. The Morgan fingerprint density at radius 2 is 1.77 bits per heavy atom. The number of halogens is 3. The molecule has 2 unspecified atom stereocenters. The number of ether oxygens (including phenoxy) is 2. The number of carbonyl (C=O) groups excluding carboxylic acids is 2. The fourth-order valence-corrected chi connectivity index (χ4v) is 6.81. The molecule has 2 atom stereocenters. The van der Waals surface area contributed by atoms with Crippen LogP contribution in [0.25, 0.3) is 17.1 Å². The number of aliphatic imine (C=N–C) groups is 1. The molecule has 1 N–H and O–H groups in total. The quantitative estimate of drug-likeness (QED) is 0.206. The van der Waals surface area contributed by atoms with Crippen LogP contribution in [-0.4, -0.2) is 57.1 Å². The van der Waals surface area contributed by atoms with Crippen molar-refractivity contribution >= 4 is 34.6 Å². The number of rotatable bonds is 8. The third-order valence-corrected chi connectivity index (χ3v) is 9.21. The summed E-state index contributed by atoms with van der Waals surface area (Å²) in [7, 11) is 1.57.